The van der Waals surface area contributed by atoms with E-state index in [2.05, 4.69) is 33.5 Å². The Balaban J connectivity index is 1.30. The molecule has 27 heavy (non-hydrogen) atoms. The van der Waals surface area contributed by atoms with Crippen molar-refractivity contribution < 1.29 is 0 Å². The predicted molar refractivity (Wildman–Crippen MR) is 111 cm³/mol. The van der Waals surface area contributed by atoms with E-state index in [1.165, 1.54) is 63.1 Å². The van der Waals surface area contributed by atoms with Crippen LogP contribution in [0, 0.1) is 6.92 Å². The Kier molecular flexibility index (Phi) is 5.98. The molecule has 0 aliphatic carbocycles. The fraction of sp³-hybridized carbons (Fsp3) is 0.818. The highest BCUT2D eigenvalue weighted by Crippen LogP contribution is 2.30. The van der Waals surface area contributed by atoms with Gasteiger partial charge in [-0.3, -0.25) is 9.80 Å². The van der Waals surface area contributed by atoms with Crippen LogP contribution >= 0.6 is 0 Å². The minimum atomic E-state index is 0.773. The first-order valence-corrected chi connectivity index (χ1v) is 11.2. The minimum Gasteiger partial charge on any atom is -0.356 e. The van der Waals surface area contributed by atoms with E-state index in [9.17, 15) is 0 Å². The molecule has 5 nitrogen and oxygen atoms in total. The molecule has 1 atom stereocenters. The molecule has 150 valence electrons. The van der Waals surface area contributed by atoms with Gasteiger partial charge in [-0.2, -0.15) is 0 Å². The fourth-order valence-electron chi connectivity index (χ4n) is 5.30. The largest absolute Gasteiger partial charge is 0.356 e. The van der Waals surface area contributed by atoms with Gasteiger partial charge in [-0.05, 0) is 52.5 Å². The Morgan fingerprint density at radius 2 is 1.81 bits per heavy atom. The van der Waals surface area contributed by atoms with Gasteiger partial charge in [-0.1, -0.05) is 19.8 Å². The molecule has 1 aromatic heterocycles. The van der Waals surface area contributed by atoms with Crippen molar-refractivity contribution >= 4 is 5.82 Å². The summed E-state index contributed by atoms with van der Waals surface area (Å²) in [5.74, 6) is 2.10. The molecule has 3 aliphatic rings. The number of hydrogen-bond acceptors (Lipinski definition) is 5. The van der Waals surface area contributed by atoms with Crippen LogP contribution in [0.2, 0.25) is 0 Å². The predicted octanol–water partition coefficient (Wildman–Crippen LogP) is 3.26. The number of rotatable bonds is 5. The molecule has 4 heterocycles. The van der Waals surface area contributed by atoms with Gasteiger partial charge >= 0.3 is 0 Å². The summed E-state index contributed by atoms with van der Waals surface area (Å²) in [6, 6.07) is 2.39. The molecule has 3 fully saturated rings. The van der Waals surface area contributed by atoms with Crippen LogP contribution in [0.15, 0.2) is 6.20 Å². The summed E-state index contributed by atoms with van der Waals surface area (Å²) >= 11 is 0. The first-order valence-electron chi connectivity index (χ1n) is 11.2. The van der Waals surface area contributed by atoms with Crippen LogP contribution in [-0.4, -0.2) is 70.6 Å². The van der Waals surface area contributed by atoms with Gasteiger partial charge in [0.25, 0.3) is 0 Å². The van der Waals surface area contributed by atoms with Gasteiger partial charge < -0.3 is 4.90 Å². The second-order valence-electron chi connectivity index (χ2n) is 8.92. The van der Waals surface area contributed by atoms with E-state index in [1.54, 1.807) is 0 Å². The lowest BCUT2D eigenvalue weighted by Gasteiger charge is -2.53. The van der Waals surface area contributed by atoms with E-state index < -0.39 is 0 Å². The second-order valence-corrected chi connectivity index (χ2v) is 8.92. The molecule has 0 bridgehead atoms. The standard InChI is InChI=1S/C22H37N5/c1-4-7-19-14-23-18(3)24-22(19)25-12-9-20(10-13-25)26-15-21(16-26)27-11-6-5-8-17(27)2/h14,17,20-21H,4-13,15-16H2,1-3H3/t17-/m1/s1. The number of aryl methyl sites for hydroxylation is 2. The summed E-state index contributed by atoms with van der Waals surface area (Å²) in [5.41, 5.74) is 1.32. The third-order valence-corrected chi connectivity index (χ3v) is 6.98. The summed E-state index contributed by atoms with van der Waals surface area (Å²) in [7, 11) is 0. The number of aromatic nitrogens is 2. The second kappa shape index (κ2) is 8.44. The molecule has 0 aromatic carbocycles. The summed E-state index contributed by atoms with van der Waals surface area (Å²) in [5, 5.41) is 0. The minimum absolute atomic E-state index is 0.773. The van der Waals surface area contributed by atoms with Crippen molar-refractivity contribution in [2.45, 2.75) is 83.8 Å². The van der Waals surface area contributed by atoms with E-state index in [4.69, 9.17) is 4.98 Å². The SMILES string of the molecule is CCCc1cnc(C)nc1N1CCC(N2CC(N3CCCC[C@H]3C)C2)CC1. The third kappa shape index (κ3) is 4.14. The Bertz CT molecular complexity index is 619. The maximum Gasteiger partial charge on any atom is 0.135 e. The van der Waals surface area contributed by atoms with Crippen LogP contribution in [0.3, 0.4) is 0 Å². The van der Waals surface area contributed by atoms with Crippen LogP contribution in [-0.2, 0) is 6.42 Å². The van der Waals surface area contributed by atoms with Crippen LogP contribution in [0.25, 0.3) is 0 Å². The van der Waals surface area contributed by atoms with Crippen LogP contribution in [0.4, 0.5) is 5.82 Å². The van der Waals surface area contributed by atoms with Crippen molar-refractivity contribution in [3.8, 4) is 0 Å². The molecule has 5 heteroatoms. The van der Waals surface area contributed by atoms with Gasteiger partial charge in [0, 0.05) is 56.1 Å². The normalized spacial score (nSPS) is 26.3. The van der Waals surface area contributed by atoms with Gasteiger partial charge in [0.1, 0.15) is 11.6 Å². The highest BCUT2D eigenvalue weighted by molar-refractivity contribution is 5.46. The summed E-state index contributed by atoms with van der Waals surface area (Å²) in [6.45, 7) is 12.9. The molecule has 3 saturated heterocycles. The molecule has 0 spiro atoms. The molecule has 0 amide bonds. The number of hydrogen-bond donors (Lipinski definition) is 0. The molecule has 0 unspecified atom stereocenters. The lowest BCUT2D eigenvalue weighted by molar-refractivity contribution is -0.0286. The maximum absolute atomic E-state index is 4.80. The number of anilines is 1. The van der Waals surface area contributed by atoms with Crippen molar-refractivity contribution in [1.29, 1.82) is 0 Å². The van der Waals surface area contributed by atoms with Crippen molar-refractivity contribution in [3.05, 3.63) is 17.6 Å². The number of nitrogens with zero attached hydrogens (tertiary/aromatic N) is 5. The lowest BCUT2D eigenvalue weighted by atomic mass is 9.93. The van der Waals surface area contributed by atoms with Crippen LogP contribution in [0.5, 0.6) is 0 Å². The van der Waals surface area contributed by atoms with Gasteiger partial charge in [-0.25, -0.2) is 9.97 Å². The van der Waals surface area contributed by atoms with E-state index in [0.29, 0.717) is 0 Å². The van der Waals surface area contributed by atoms with E-state index in [1.807, 2.05) is 13.1 Å². The first-order chi connectivity index (χ1) is 13.2. The van der Waals surface area contributed by atoms with E-state index in [0.717, 1.165) is 49.9 Å². The number of piperidine rings is 2. The Labute approximate surface area is 165 Å². The Morgan fingerprint density at radius 1 is 1.04 bits per heavy atom. The molecular weight excluding hydrogens is 334 g/mol. The smallest absolute Gasteiger partial charge is 0.135 e. The molecule has 0 saturated carbocycles. The Morgan fingerprint density at radius 3 is 2.52 bits per heavy atom. The maximum atomic E-state index is 4.80. The molecule has 3 aliphatic heterocycles. The van der Waals surface area contributed by atoms with Crippen molar-refractivity contribution in [2.75, 3.05) is 37.6 Å². The highest BCUT2D eigenvalue weighted by atomic mass is 15.3. The molecule has 1 aromatic rings. The van der Waals surface area contributed by atoms with Crippen LogP contribution < -0.4 is 4.90 Å². The van der Waals surface area contributed by atoms with Gasteiger partial charge in [0.15, 0.2) is 0 Å². The summed E-state index contributed by atoms with van der Waals surface area (Å²) in [4.78, 5) is 17.3. The topological polar surface area (TPSA) is 35.5 Å². The Hall–Kier alpha value is -1.20. The zero-order valence-electron chi connectivity index (χ0n) is 17.5. The van der Waals surface area contributed by atoms with Crippen molar-refractivity contribution in [1.82, 2.24) is 19.8 Å². The fourth-order valence-corrected chi connectivity index (χ4v) is 5.30. The molecule has 0 radical (unpaired) electrons. The molecule has 0 N–H and O–H groups in total. The zero-order valence-corrected chi connectivity index (χ0v) is 17.5. The quantitative estimate of drug-likeness (QED) is 0.794. The highest BCUT2D eigenvalue weighted by Gasteiger charge is 2.39. The lowest BCUT2D eigenvalue weighted by Crippen LogP contribution is -2.65. The monoisotopic (exact) mass is 371 g/mol. The van der Waals surface area contributed by atoms with Crippen LogP contribution in [0.1, 0.15) is 63.8 Å². The number of likely N-dealkylation sites (tertiary alicyclic amines) is 2. The molecule has 4 rings (SSSR count). The summed E-state index contributed by atoms with van der Waals surface area (Å²) in [6.07, 6.45) is 11.1. The van der Waals surface area contributed by atoms with E-state index >= 15 is 0 Å². The zero-order chi connectivity index (χ0) is 18.8. The first kappa shape index (κ1) is 19.1. The third-order valence-electron chi connectivity index (χ3n) is 6.98. The summed E-state index contributed by atoms with van der Waals surface area (Å²) < 4.78 is 0. The average molecular weight is 372 g/mol. The van der Waals surface area contributed by atoms with Gasteiger partial charge in [0.2, 0.25) is 0 Å². The van der Waals surface area contributed by atoms with Crippen molar-refractivity contribution in [3.63, 3.8) is 0 Å². The van der Waals surface area contributed by atoms with Crippen molar-refractivity contribution in [2.24, 2.45) is 0 Å². The molecular formula is C22H37N5. The van der Waals surface area contributed by atoms with E-state index in [-0.39, 0.29) is 0 Å². The van der Waals surface area contributed by atoms with Gasteiger partial charge in [-0.15, -0.1) is 0 Å². The average Bonchev–Trinajstić information content (AvgIpc) is 2.64. The van der Waals surface area contributed by atoms with Gasteiger partial charge in [0.05, 0.1) is 0 Å².